The van der Waals surface area contributed by atoms with Gasteiger partial charge in [-0.25, -0.2) is 0 Å². The van der Waals surface area contributed by atoms with Crippen molar-refractivity contribution in [3.05, 3.63) is 17.8 Å². The van der Waals surface area contributed by atoms with E-state index in [4.69, 9.17) is 4.74 Å². The van der Waals surface area contributed by atoms with Crippen molar-refractivity contribution < 1.29 is 4.74 Å². The average molecular weight is 221 g/mol. The summed E-state index contributed by atoms with van der Waals surface area (Å²) in [4.78, 5) is 0. The van der Waals surface area contributed by atoms with Crippen LogP contribution >= 0.6 is 0 Å². The zero-order valence-corrected chi connectivity index (χ0v) is 9.94. The minimum Gasteiger partial charge on any atom is -0.474 e. The van der Waals surface area contributed by atoms with E-state index in [0.717, 1.165) is 18.7 Å². The molecule has 4 heteroatoms. The molecule has 88 valence electrons. The summed E-state index contributed by atoms with van der Waals surface area (Å²) in [6.07, 6.45) is 3.77. The first kappa shape index (κ1) is 11.3. The molecule has 1 aromatic rings. The maximum atomic E-state index is 5.56. The van der Waals surface area contributed by atoms with Crippen LogP contribution in [0.3, 0.4) is 0 Å². The van der Waals surface area contributed by atoms with Crippen LogP contribution in [-0.4, -0.2) is 22.3 Å². The van der Waals surface area contributed by atoms with E-state index in [1.165, 1.54) is 12.8 Å². The van der Waals surface area contributed by atoms with Gasteiger partial charge in [-0.3, -0.25) is 0 Å². The quantitative estimate of drug-likeness (QED) is 0.797. The fourth-order valence-corrected chi connectivity index (χ4v) is 1.33. The van der Waals surface area contributed by atoms with Crippen molar-refractivity contribution in [1.29, 1.82) is 0 Å². The number of ether oxygens (including phenoxy) is 1. The summed E-state index contributed by atoms with van der Waals surface area (Å²) in [5.74, 6) is 0.615. The zero-order valence-electron chi connectivity index (χ0n) is 9.94. The predicted molar refractivity (Wildman–Crippen MR) is 62.3 cm³/mol. The molecule has 1 unspecified atom stereocenters. The van der Waals surface area contributed by atoms with Crippen molar-refractivity contribution in [2.45, 2.75) is 51.8 Å². The zero-order chi connectivity index (χ0) is 11.4. The fourth-order valence-electron chi connectivity index (χ4n) is 1.33. The molecule has 2 rings (SSSR count). The van der Waals surface area contributed by atoms with Gasteiger partial charge < -0.3 is 10.1 Å². The van der Waals surface area contributed by atoms with Crippen LogP contribution in [0.25, 0.3) is 0 Å². The highest BCUT2D eigenvalue weighted by atomic mass is 16.5. The normalized spacial score (nSPS) is 17.1. The molecule has 1 heterocycles. The van der Waals surface area contributed by atoms with Crippen molar-refractivity contribution in [2.24, 2.45) is 0 Å². The smallest absolute Gasteiger partial charge is 0.233 e. The molecule has 1 atom stereocenters. The number of nitrogens with zero attached hydrogens (tertiary/aromatic N) is 2. The third-order valence-corrected chi connectivity index (χ3v) is 2.74. The van der Waals surface area contributed by atoms with Gasteiger partial charge in [-0.15, -0.1) is 5.10 Å². The summed E-state index contributed by atoms with van der Waals surface area (Å²) >= 11 is 0. The van der Waals surface area contributed by atoms with Gasteiger partial charge in [0.05, 0.1) is 11.8 Å². The first-order valence-electron chi connectivity index (χ1n) is 6.00. The molecule has 0 radical (unpaired) electrons. The van der Waals surface area contributed by atoms with Crippen molar-refractivity contribution in [3.8, 4) is 5.88 Å². The van der Waals surface area contributed by atoms with Crippen LogP contribution in [-0.2, 0) is 6.54 Å². The second kappa shape index (κ2) is 5.25. The summed E-state index contributed by atoms with van der Waals surface area (Å²) in [6, 6.07) is 4.57. The van der Waals surface area contributed by atoms with E-state index in [2.05, 4.69) is 22.4 Å². The fraction of sp³-hybridized carbons (Fsp3) is 0.667. The molecule has 0 aromatic carbocycles. The van der Waals surface area contributed by atoms with Gasteiger partial charge in [0.15, 0.2) is 0 Å². The number of hydrogen-bond acceptors (Lipinski definition) is 4. The Morgan fingerprint density at radius 2 is 2.25 bits per heavy atom. The molecule has 0 amide bonds. The van der Waals surface area contributed by atoms with Crippen LogP contribution in [0.1, 0.15) is 38.8 Å². The van der Waals surface area contributed by atoms with Crippen LogP contribution in [0, 0.1) is 0 Å². The number of rotatable bonds is 6. The second-order valence-electron chi connectivity index (χ2n) is 4.35. The second-order valence-corrected chi connectivity index (χ2v) is 4.35. The monoisotopic (exact) mass is 221 g/mol. The lowest BCUT2D eigenvalue weighted by Gasteiger charge is -2.10. The van der Waals surface area contributed by atoms with Gasteiger partial charge in [-0.2, -0.15) is 5.10 Å². The summed E-state index contributed by atoms with van der Waals surface area (Å²) in [6.45, 7) is 4.93. The van der Waals surface area contributed by atoms with Crippen LogP contribution in [0.4, 0.5) is 0 Å². The molecule has 1 N–H and O–H groups in total. The van der Waals surface area contributed by atoms with Crippen molar-refractivity contribution in [2.75, 3.05) is 0 Å². The van der Waals surface area contributed by atoms with E-state index < -0.39 is 0 Å². The van der Waals surface area contributed by atoms with Crippen molar-refractivity contribution >= 4 is 0 Å². The number of aromatic nitrogens is 2. The molecule has 1 aliphatic rings. The highest BCUT2D eigenvalue weighted by molar-refractivity contribution is 5.11. The highest BCUT2D eigenvalue weighted by Gasteiger charge is 2.20. The van der Waals surface area contributed by atoms with E-state index in [9.17, 15) is 0 Å². The Balaban J connectivity index is 1.82. The van der Waals surface area contributed by atoms with Gasteiger partial charge in [0.1, 0.15) is 0 Å². The predicted octanol–water partition coefficient (Wildman–Crippen LogP) is 1.91. The van der Waals surface area contributed by atoms with E-state index in [-0.39, 0.29) is 6.10 Å². The molecular formula is C12H19N3O. The number of nitrogens with one attached hydrogen (secondary N) is 1. The average Bonchev–Trinajstić information content (AvgIpc) is 3.12. The molecule has 1 fully saturated rings. The Bertz CT molecular complexity index is 322. The maximum Gasteiger partial charge on any atom is 0.233 e. The van der Waals surface area contributed by atoms with Gasteiger partial charge >= 0.3 is 0 Å². The van der Waals surface area contributed by atoms with E-state index in [0.29, 0.717) is 11.9 Å². The molecule has 1 saturated carbocycles. The molecule has 0 saturated heterocycles. The van der Waals surface area contributed by atoms with Crippen LogP contribution in [0.5, 0.6) is 5.88 Å². The van der Waals surface area contributed by atoms with Gasteiger partial charge in [-0.05, 0) is 32.3 Å². The summed E-state index contributed by atoms with van der Waals surface area (Å²) in [5, 5.41) is 11.6. The Morgan fingerprint density at radius 3 is 2.81 bits per heavy atom. The maximum absolute atomic E-state index is 5.56. The summed E-state index contributed by atoms with van der Waals surface area (Å²) < 4.78 is 5.56. The molecule has 0 bridgehead atoms. The van der Waals surface area contributed by atoms with Crippen LogP contribution < -0.4 is 10.1 Å². The van der Waals surface area contributed by atoms with Crippen molar-refractivity contribution in [1.82, 2.24) is 15.5 Å². The van der Waals surface area contributed by atoms with Gasteiger partial charge in [0.25, 0.3) is 0 Å². The standard InChI is InChI=1S/C12H19N3O/c1-3-9(2)16-12-7-6-11(14-15-12)8-13-10-4-5-10/h6-7,9-10,13H,3-5,8H2,1-2H3. The molecule has 0 spiro atoms. The minimum atomic E-state index is 0.199. The van der Waals surface area contributed by atoms with Gasteiger partial charge in [0.2, 0.25) is 5.88 Å². The topological polar surface area (TPSA) is 47.0 Å². The van der Waals surface area contributed by atoms with Crippen LogP contribution in [0.2, 0.25) is 0 Å². The Morgan fingerprint density at radius 1 is 1.44 bits per heavy atom. The largest absolute Gasteiger partial charge is 0.474 e. The molecule has 4 nitrogen and oxygen atoms in total. The summed E-state index contributed by atoms with van der Waals surface area (Å²) in [5.41, 5.74) is 0.975. The Hall–Kier alpha value is -1.16. The first-order chi connectivity index (χ1) is 7.78. The lowest BCUT2D eigenvalue weighted by atomic mass is 10.3. The SMILES string of the molecule is CCC(C)Oc1ccc(CNC2CC2)nn1. The summed E-state index contributed by atoms with van der Waals surface area (Å²) in [7, 11) is 0. The van der Waals surface area contributed by atoms with E-state index >= 15 is 0 Å². The Labute approximate surface area is 96.4 Å². The third kappa shape index (κ3) is 3.45. The molecule has 1 aromatic heterocycles. The highest BCUT2D eigenvalue weighted by Crippen LogP contribution is 2.19. The Kier molecular flexibility index (Phi) is 3.72. The lowest BCUT2D eigenvalue weighted by molar-refractivity contribution is 0.206. The van der Waals surface area contributed by atoms with Crippen LogP contribution in [0.15, 0.2) is 12.1 Å². The van der Waals surface area contributed by atoms with E-state index in [1.807, 2.05) is 19.1 Å². The van der Waals surface area contributed by atoms with Gasteiger partial charge in [-0.1, -0.05) is 6.92 Å². The third-order valence-electron chi connectivity index (χ3n) is 2.74. The first-order valence-corrected chi connectivity index (χ1v) is 6.00. The molecular weight excluding hydrogens is 202 g/mol. The van der Waals surface area contributed by atoms with Crippen molar-refractivity contribution in [3.63, 3.8) is 0 Å². The molecule has 16 heavy (non-hydrogen) atoms. The number of hydrogen-bond donors (Lipinski definition) is 1. The minimum absolute atomic E-state index is 0.199. The molecule has 0 aliphatic heterocycles. The molecule has 1 aliphatic carbocycles. The van der Waals surface area contributed by atoms with E-state index in [1.54, 1.807) is 0 Å². The van der Waals surface area contributed by atoms with Gasteiger partial charge in [0, 0.05) is 18.7 Å². The lowest BCUT2D eigenvalue weighted by Crippen LogP contribution is -2.17.